The Morgan fingerprint density at radius 1 is 1.37 bits per heavy atom. The quantitative estimate of drug-likeness (QED) is 0.673. The number of imidazole rings is 1. The van der Waals surface area contributed by atoms with E-state index in [4.69, 9.17) is 0 Å². The molecule has 1 amide bonds. The topological polar surface area (TPSA) is 70.2 Å². The number of H-pyrrole nitrogens is 1. The highest BCUT2D eigenvalue weighted by molar-refractivity contribution is 5.82. The van der Waals surface area contributed by atoms with E-state index in [1.807, 2.05) is 20.8 Å². The summed E-state index contributed by atoms with van der Waals surface area (Å²) >= 11 is 0. The van der Waals surface area contributed by atoms with Gasteiger partial charge in [0.15, 0.2) is 5.75 Å². The van der Waals surface area contributed by atoms with Crippen LogP contribution in [0.3, 0.4) is 0 Å². The van der Waals surface area contributed by atoms with Gasteiger partial charge in [0.1, 0.15) is 17.2 Å². The molecule has 0 atom stereocenters. The first kappa shape index (κ1) is 22.4. The number of aromatic amines is 1. The number of hydrogen-bond donors (Lipinski definition) is 2. The maximum absolute atomic E-state index is 13.7. The van der Waals surface area contributed by atoms with Crippen molar-refractivity contribution in [1.29, 1.82) is 0 Å². The van der Waals surface area contributed by atoms with E-state index in [0.29, 0.717) is 30.2 Å². The molecule has 0 bridgehead atoms. The Balaban J connectivity index is 1.56. The third kappa shape index (κ3) is 5.87. The van der Waals surface area contributed by atoms with Crippen LogP contribution in [0.1, 0.15) is 45.9 Å². The lowest BCUT2D eigenvalue weighted by molar-refractivity contribution is -0.124. The second-order valence-corrected chi connectivity index (χ2v) is 8.57. The van der Waals surface area contributed by atoms with Crippen molar-refractivity contribution in [3.63, 3.8) is 0 Å². The molecule has 9 heteroatoms. The molecule has 1 aromatic carbocycles. The highest BCUT2D eigenvalue weighted by Crippen LogP contribution is 2.28. The summed E-state index contributed by atoms with van der Waals surface area (Å²) in [6.07, 6.45) is 3.30. The summed E-state index contributed by atoms with van der Waals surface area (Å²) in [6.45, 7) is 5.01. The molecule has 2 heterocycles. The summed E-state index contributed by atoms with van der Waals surface area (Å²) in [5, 5.41) is 3.05. The van der Waals surface area contributed by atoms with Crippen LogP contribution in [0.25, 0.3) is 11.0 Å². The zero-order chi connectivity index (χ0) is 21.9. The second kappa shape index (κ2) is 9.24. The van der Waals surface area contributed by atoms with Crippen molar-refractivity contribution in [3.05, 3.63) is 23.8 Å². The average molecular weight is 426 g/mol. The molecule has 1 aliphatic rings. The second-order valence-electron chi connectivity index (χ2n) is 8.57. The van der Waals surface area contributed by atoms with Crippen molar-refractivity contribution in [1.82, 2.24) is 20.2 Å². The minimum absolute atomic E-state index is 0.0335. The molecule has 1 saturated heterocycles. The summed E-state index contributed by atoms with van der Waals surface area (Å²) in [6, 6.07) is 2.14. The van der Waals surface area contributed by atoms with E-state index in [-0.39, 0.29) is 22.7 Å². The first-order valence-corrected chi connectivity index (χ1v) is 10.3. The normalized spacial score (nSPS) is 16.4. The zero-order valence-corrected chi connectivity index (χ0v) is 17.6. The van der Waals surface area contributed by atoms with Gasteiger partial charge in [-0.3, -0.25) is 9.69 Å². The molecular weight excluding hydrogens is 397 g/mol. The summed E-state index contributed by atoms with van der Waals surface area (Å²) in [5.41, 5.74) is 0.343. The SMILES string of the molecule is CCC(C)(C)NC(=O)CN1CCC(Cc2nc3c(OC(F)F)cc(F)cc3[nH]2)CC1. The van der Waals surface area contributed by atoms with E-state index in [9.17, 15) is 18.0 Å². The Labute approximate surface area is 174 Å². The van der Waals surface area contributed by atoms with Gasteiger partial charge < -0.3 is 15.0 Å². The highest BCUT2D eigenvalue weighted by atomic mass is 19.3. The Hall–Kier alpha value is -2.29. The number of rotatable bonds is 8. The molecule has 2 aromatic rings. The van der Waals surface area contributed by atoms with Crippen LogP contribution in [0, 0.1) is 11.7 Å². The molecule has 1 aliphatic heterocycles. The molecular formula is C21H29F3N4O2. The molecule has 0 aliphatic carbocycles. The molecule has 0 radical (unpaired) electrons. The lowest BCUT2D eigenvalue weighted by Crippen LogP contribution is -2.48. The van der Waals surface area contributed by atoms with Crippen LogP contribution in [-0.2, 0) is 11.2 Å². The Morgan fingerprint density at radius 3 is 2.70 bits per heavy atom. The van der Waals surface area contributed by atoms with Crippen LogP contribution in [0.4, 0.5) is 13.2 Å². The van der Waals surface area contributed by atoms with Gasteiger partial charge in [0.05, 0.1) is 12.1 Å². The van der Waals surface area contributed by atoms with Crippen LogP contribution >= 0.6 is 0 Å². The van der Waals surface area contributed by atoms with Crippen LogP contribution < -0.4 is 10.1 Å². The molecule has 6 nitrogen and oxygen atoms in total. The Bertz CT molecular complexity index is 877. The van der Waals surface area contributed by atoms with Crippen LogP contribution in [0.5, 0.6) is 5.75 Å². The molecule has 1 aromatic heterocycles. The van der Waals surface area contributed by atoms with E-state index < -0.39 is 12.4 Å². The summed E-state index contributed by atoms with van der Waals surface area (Å²) in [5.74, 6) is 0.0764. The van der Waals surface area contributed by atoms with Gasteiger partial charge in [-0.15, -0.1) is 0 Å². The fraction of sp³-hybridized carbons (Fsp3) is 0.619. The van der Waals surface area contributed by atoms with Crippen molar-refractivity contribution in [2.75, 3.05) is 19.6 Å². The highest BCUT2D eigenvalue weighted by Gasteiger charge is 2.24. The van der Waals surface area contributed by atoms with Crippen molar-refractivity contribution in [2.45, 2.75) is 58.6 Å². The van der Waals surface area contributed by atoms with Gasteiger partial charge in [-0.25, -0.2) is 9.37 Å². The molecule has 166 valence electrons. The molecule has 30 heavy (non-hydrogen) atoms. The number of fused-ring (bicyclic) bond motifs is 1. The number of hydrogen-bond acceptors (Lipinski definition) is 4. The number of aromatic nitrogens is 2. The third-order valence-corrected chi connectivity index (χ3v) is 5.70. The largest absolute Gasteiger partial charge is 0.432 e. The van der Waals surface area contributed by atoms with Gasteiger partial charge in [0.2, 0.25) is 5.91 Å². The Kier molecular flexibility index (Phi) is 6.90. The van der Waals surface area contributed by atoms with Crippen molar-refractivity contribution in [3.8, 4) is 5.75 Å². The van der Waals surface area contributed by atoms with Crippen LogP contribution in [0.2, 0.25) is 0 Å². The molecule has 2 N–H and O–H groups in total. The van der Waals surface area contributed by atoms with E-state index in [0.717, 1.165) is 38.4 Å². The predicted octanol–water partition coefficient (Wildman–Crippen LogP) is 3.86. The number of halogens is 3. The number of amides is 1. The standard InChI is InChI=1S/C21H29F3N4O2/c1-4-21(2,3)27-18(29)12-28-7-5-13(6-8-28)9-17-25-15-10-14(22)11-16(19(15)26-17)30-20(23)24/h10-11,13,20H,4-9,12H2,1-3H3,(H,25,26)(H,27,29). The summed E-state index contributed by atoms with van der Waals surface area (Å²) < 4.78 is 43.2. The number of alkyl halides is 2. The minimum atomic E-state index is -3.04. The number of nitrogens with one attached hydrogen (secondary N) is 2. The number of likely N-dealkylation sites (tertiary alicyclic amines) is 1. The molecule has 0 unspecified atom stereocenters. The Morgan fingerprint density at radius 2 is 2.07 bits per heavy atom. The fourth-order valence-electron chi connectivity index (χ4n) is 3.72. The monoisotopic (exact) mass is 426 g/mol. The molecule has 0 saturated carbocycles. The number of nitrogens with zero attached hydrogens (tertiary/aromatic N) is 2. The van der Waals surface area contributed by atoms with Gasteiger partial charge in [-0.05, 0) is 58.2 Å². The number of piperidine rings is 1. The molecule has 3 rings (SSSR count). The summed E-state index contributed by atoms with van der Waals surface area (Å²) in [7, 11) is 0. The zero-order valence-electron chi connectivity index (χ0n) is 17.6. The summed E-state index contributed by atoms with van der Waals surface area (Å²) in [4.78, 5) is 21.7. The smallest absolute Gasteiger partial charge is 0.387 e. The molecule has 0 spiro atoms. The van der Waals surface area contributed by atoms with Crippen LogP contribution in [0.15, 0.2) is 12.1 Å². The van der Waals surface area contributed by atoms with Crippen molar-refractivity contribution < 1.29 is 22.7 Å². The number of carbonyl (C=O) groups excluding carboxylic acids is 1. The number of carbonyl (C=O) groups is 1. The van der Waals surface area contributed by atoms with Crippen molar-refractivity contribution in [2.24, 2.45) is 5.92 Å². The lowest BCUT2D eigenvalue weighted by atomic mass is 9.93. The lowest BCUT2D eigenvalue weighted by Gasteiger charge is -2.32. The molecule has 1 fully saturated rings. The van der Waals surface area contributed by atoms with E-state index in [2.05, 4.69) is 24.9 Å². The fourth-order valence-corrected chi connectivity index (χ4v) is 3.72. The number of benzene rings is 1. The van der Waals surface area contributed by atoms with Gasteiger partial charge >= 0.3 is 6.61 Å². The van der Waals surface area contributed by atoms with E-state index >= 15 is 0 Å². The average Bonchev–Trinajstić information content (AvgIpc) is 3.05. The first-order valence-electron chi connectivity index (χ1n) is 10.3. The van der Waals surface area contributed by atoms with Gasteiger partial charge in [0, 0.05) is 18.0 Å². The maximum atomic E-state index is 13.7. The predicted molar refractivity (Wildman–Crippen MR) is 108 cm³/mol. The van der Waals surface area contributed by atoms with E-state index in [1.165, 1.54) is 6.07 Å². The van der Waals surface area contributed by atoms with Crippen LogP contribution in [-0.4, -0.2) is 52.6 Å². The van der Waals surface area contributed by atoms with Gasteiger partial charge in [-0.1, -0.05) is 6.92 Å². The minimum Gasteiger partial charge on any atom is -0.432 e. The van der Waals surface area contributed by atoms with E-state index in [1.54, 1.807) is 0 Å². The first-order chi connectivity index (χ1) is 14.1. The van der Waals surface area contributed by atoms with Gasteiger partial charge in [-0.2, -0.15) is 8.78 Å². The maximum Gasteiger partial charge on any atom is 0.387 e. The van der Waals surface area contributed by atoms with Crippen molar-refractivity contribution >= 4 is 16.9 Å². The third-order valence-electron chi connectivity index (χ3n) is 5.70. The number of ether oxygens (including phenoxy) is 1. The van der Waals surface area contributed by atoms with Gasteiger partial charge in [0.25, 0.3) is 0 Å².